The lowest BCUT2D eigenvalue weighted by Crippen LogP contribution is -2.02. The van der Waals surface area contributed by atoms with Gasteiger partial charge in [0.05, 0.1) is 0 Å². The molecule has 0 N–H and O–H groups in total. The van der Waals surface area contributed by atoms with E-state index in [4.69, 9.17) is 0 Å². The lowest BCUT2D eigenvalue weighted by Gasteiger charge is -2.18. The van der Waals surface area contributed by atoms with Crippen LogP contribution in [0.1, 0.15) is 24.0 Å². The molecule has 1 aliphatic rings. The van der Waals surface area contributed by atoms with E-state index >= 15 is 0 Å². The van der Waals surface area contributed by atoms with Gasteiger partial charge in [-0.15, -0.1) is 0 Å². The van der Waals surface area contributed by atoms with E-state index in [-0.39, 0.29) is 0 Å². The quantitative estimate of drug-likeness (QED) is 0.226. The molecule has 0 bridgehead atoms. The molecule has 0 aliphatic heterocycles. The van der Waals surface area contributed by atoms with Crippen molar-refractivity contribution in [2.24, 2.45) is 0 Å². The molecule has 0 saturated carbocycles. The van der Waals surface area contributed by atoms with Gasteiger partial charge in [0.15, 0.2) is 0 Å². The van der Waals surface area contributed by atoms with E-state index in [0.29, 0.717) is 0 Å². The summed E-state index contributed by atoms with van der Waals surface area (Å²) in [5.41, 5.74) is 5.73. The minimum absolute atomic E-state index is 1.25. The van der Waals surface area contributed by atoms with Gasteiger partial charge in [-0.05, 0) is 81.6 Å². The Hall–Kier alpha value is -4.30. The van der Waals surface area contributed by atoms with Gasteiger partial charge >= 0.3 is 0 Å². The molecule has 0 atom stereocenters. The molecule has 0 saturated heterocycles. The van der Waals surface area contributed by atoms with Crippen molar-refractivity contribution in [1.82, 2.24) is 10.2 Å². The highest BCUT2D eigenvalue weighted by Gasteiger charge is 2.13. The van der Waals surface area contributed by atoms with Crippen LogP contribution in [0.15, 0.2) is 134 Å². The summed E-state index contributed by atoms with van der Waals surface area (Å²) in [6.45, 7) is 0. The highest BCUT2D eigenvalue weighted by molar-refractivity contribution is 6.08. The van der Waals surface area contributed by atoms with Crippen LogP contribution in [0.2, 0.25) is 0 Å². The summed E-state index contributed by atoms with van der Waals surface area (Å²) < 4.78 is 0. The van der Waals surface area contributed by atoms with E-state index in [1.165, 1.54) is 58.4 Å². The minimum Gasteiger partial charge on any atom is -0.159 e. The Balaban J connectivity index is 0.000000127. The zero-order chi connectivity index (χ0) is 24.4. The lowest BCUT2D eigenvalue weighted by atomic mass is 9.86. The monoisotopic (exact) mass is 466 g/mol. The first-order valence-corrected chi connectivity index (χ1v) is 12.6. The molecule has 6 aromatic rings. The number of nitrogens with zero attached hydrogens (tertiary/aromatic N) is 2. The fourth-order valence-corrected chi connectivity index (χ4v) is 4.86. The zero-order valence-corrected chi connectivity index (χ0v) is 20.4. The van der Waals surface area contributed by atoms with Crippen LogP contribution in [-0.2, 0) is 12.8 Å². The smallest absolute Gasteiger partial charge is 0.0496 e. The SMILES string of the molecule is c1ccc(-c2ccccc2)cc1.c1ccc2c(c1)ccc1c3c(ccc12)CCCC3.c1ccnnc1. The molecule has 1 aromatic heterocycles. The number of rotatable bonds is 1. The fraction of sp³-hybridized carbons (Fsp3) is 0.118. The second-order valence-corrected chi connectivity index (χ2v) is 8.94. The van der Waals surface area contributed by atoms with Crippen LogP contribution in [0.3, 0.4) is 0 Å². The van der Waals surface area contributed by atoms with Crippen molar-refractivity contribution in [2.75, 3.05) is 0 Å². The van der Waals surface area contributed by atoms with Crippen molar-refractivity contribution in [3.05, 3.63) is 145 Å². The van der Waals surface area contributed by atoms with Crippen LogP contribution in [0.5, 0.6) is 0 Å². The van der Waals surface area contributed by atoms with Crippen LogP contribution in [-0.4, -0.2) is 10.2 Å². The third-order valence-corrected chi connectivity index (χ3v) is 6.62. The Morgan fingerprint density at radius 1 is 0.417 bits per heavy atom. The summed E-state index contributed by atoms with van der Waals surface area (Å²) in [5.74, 6) is 0. The molecule has 1 heterocycles. The maximum Gasteiger partial charge on any atom is 0.0496 e. The van der Waals surface area contributed by atoms with Crippen molar-refractivity contribution in [3.63, 3.8) is 0 Å². The minimum atomic E-state index is 1.25. The number of hydrogen-bond acceptors (Lipinski definition) is 2. The van der Waals surface area contributed by atoms with Crippen molar-refractivity contribution >= 4 is 21.5 Å². The van der Waals surface area contributed by atoms with Gasteiger partial charge in [0.25, 0.3) is 0 Å². The first-order chi connectivity index (χ1) is 17.9. The number of benzene rings is 5. The first kappa shape index (κ1) is 23.4. The summed E-state index contributed by atoms with van der Waals surface area (Å²) in [5, 5.41) is 12.7. The van der Waals surface area contributed by atoms with E-state index < -0.39 is 0 Å². The molecular weight excluding hydrogens is 436 g/mol. The van der Waals surface area contributed by atoms with Crippen molar-refractivity contribution in [1.29, 1.82) is 0 Å². The molecule has 5 aromatic carbocycles. The number of hydrogen-bond donors (Lipinski definition) is 0. The summed E-state index contributed by atoms with van der Waals surface area (Å²) in [6, 6.07) is 42.4. The van der Waals surface area contributed by atoms with Crippen LogP contribution in [0.25, 0.3) is 32.7 Å². The Bertz CT molecular complexity index is 1450. The van der Waals surface area contributed by atoms with Gasteiger partial charge in [-0.25, -0.2) is 0 Å². The van der Waals surface area contributed by atoms with E-state index in [1.54, 1.807) is 23.5 Å². The van der Waals surface area contributed by atoms with Gasteiger partial charge in [-0.3, -0.25) is 0 Å². The van der Waals surface area contributed by atoms with E-state index in [9.17, 15) is 0 Å². The Kier molecular flexibility index (Phi) is 7.75. The number of aryl methyl sites for hydroxylation is 2. The standard InChI is InChI=1S/C18H16.C12H10.C4H4N2/c1-3-7-15-13(5-1)9-11-18-16-8-4-2-6-14(16)10-12-17(15)18;1-3-7-11(8-4-1)12-9-5-2-6-10-12;1-2-4-6-5-3-1/h1,3,5,7,9-12H,2,4,6,8H2;1-10H;1-4H. The molecule has 0 spiro atoms. The molecule has 1 aliphatic carbocycles. The lowest BCUT2D eigenvalue weighted by molar-refractivity contribution is 0.690. The zero-order valence-electron chi connectivity index (χ0n) is 20.4. The largest absolute Gasteiger partial charge is 0.159 e. The second kappa shape index (κ2) is 11.9. The molecule has 176 valence electrons. The van der Waals surface area contributed by atoms with Crippen LogP contribution in [0.4, 0.5) is 0 Å². The maximum atomic E-state index is 3.53. The predicted octanol–water partition coefficient (Wildman–Crippen LogP) is 8.70. The van der Waals surface area contributed by atoms with Gasteiger partial charge in [-0.1, -0.05) is 109 Å². The molecule has 2 nitrogen and oxygen atoms in total. The molecule has 0 amide bonds. The van der Waals surface area contributed by atoms with Crippen LogP contribution >= 0.6 is 0 Å². The predicted molar refractivity (Wildman–Crippen MR) is 152 cm³/mol. The van der Waals surface area contributed by atoms with E-state index in [2.05, 4.69) is 107 Å². The van der Waals surface area contributed by atoms with Gasteiger partial charge in [-0.2, -0.15) is 10.2 Å². The molecule has 2 heteroatoms. The van der Waals surface area contributed by atoms with E-state index in [1.807, 2.05) is 24.3 Å². The van der Waals surface area contributed by atoms with Crippen molar-refractivity contribution in [2.45, 2.75) is 25.7 Å². The molecule has 36 heavy (non-hydrogen) atoms. The van der Waals surface area contributed by atoms with E-state index in [0.717, 1.165) is 0 Å². The van der Waals surface area contributed by atoms with Crippen LogP contribution in [0, 0.1) is 0 Å². The number of aromatic nitrogens is 2. The topological polar surface area (TPSA) is 25.8 Å². The normalized spacial score (nSPS) is 12.0. The third-order valence-electron chi connectivity index (χ3n) is 6.62. The van der Waals surface area contributed by atoms with Gasteiger partial charge in [0.1, 0.15) is 0 Å². The summed E-state index contributed by atoms with van der Waals surface area (Å²) in [7, 11) is 0. The molecule has 0 unspecified atom stereocenters. The average molecular weight is 467 g/mol. The fourth-order valence-electron chi connectivity index (χ4n) is 4.86. The highest BCUT2D eigenvalue weighted by atomic mass is 15.1. The van der Waals surface area contributed by atoms with Gasteiger partial charge < -0.3 is 0 Å². The summed E-state index contributed by atoms with van der Waals surface area (Å²) >= 11 is 0. The van der Waals surface area contributed by atoms with Gasteiger partial charge in [0.2, 0.25) is 0 Å². The molecular formula is C34H30N2. The average Bonchev–Trinajstić information content (AvgIpc) is 2.99. The summed E-state index contributed by atoms with van der Waals surface area (Å²) in [6.07, 6.45) is 8.49. The van der Waals surface area contributed by atoms with Crippen LogP contribution < -0.4 is 0 Å². The number of fused-ring (bicyclic) bond motifs is 5. The Labute approximate surface area is 213 Å². The molecule has 7 rings (SSSR count). The second-order valence-electron chi connectivity index (χ2n) is 8.94. The highest BCUT2D eigenvalue weighted by Crippen LogP contribution is 2.33. The van der Waals surface area contributed by atoms with Gasteiger partial charge in [0, 0.05) is 12.4 Å². The molecule has 0 fully saturated rings. The summed E-state index contributed by atoms with van der Waals surface area (Å²) in [4.78, 5) is 0. The van der Waals surface area contributed by atoms with Crippen molar-refractivity contribution < 1.29 is 0 Å². The Morgan fingerprint density at radius 3 is 1.64 bits per heavy atom. The molecule has 0 radical (unpaired) electrons. The first-order valence-electron chi connectivity index (χ1n) is 12.6. The van der Waals surface area contributed by atoms with Crippen molar-refractivity contribution in [3.8, 4) is 11.1 Å². The third kappa shape index (κ3) is 5.67. The maximum absolute atomic E-state index is 3.53. The Morgan fingerprint density at radius 2 is 1.00 bits per heavy atom.